The zero-order chi connectivity index (χ0) is 31.1. The molecule has 4 aromatic rings. The van der Waals surface area contributed by atoms with Crippen molar-refractivity contribution in [3.05, 3.63) is 83.2 Å². The Morgan fingerprint density at radius 3 is 2.28 bits per heavy atom. The van der Waals surface area contributed by atoms with Crippen molar-refractivity contribution in [1.29, 1.82) is 0 Å². The molecule has 1 fully saturated rings. The number of ether oxygens (including phenoxy) is 2. The molecule has 2 aromatic heterocycles. The highest BCUT2D eigenvalue weighted by Crippen LogP contribution is 2.41. The number of fused-ring (bicyclic) bond motifs is 1. The van der Waals surface area contributed by atoms with Crippen LogP contribution in [0.1, 0.15) is 63.1 Å². The summed E-state index contributed by atoms with van der Waals surface area (Å²) in [6.45, 7) is 11.1. The number of carbonyl (C=O) groups is 1. The van der Waals surface area contributed by atoms with Crippen LogP contribution in [0.4, 0.5) is 8.78 Å². The van der Waals surface area contributed by atoms with E-state index in [9.17, 15) is 13.2 Å². The molecular formula is C33H36F2N2O5S. The molecule has 0 unspecified atom stereocenters. The van der Waals surface area contributed by atoms with E-state index in [1.165, 1.54) is 30.6 Å². The first-order chi connectivity index (χ1) is 20.3. The molecule has 3 heterocycles. The highest BCUT2D eigenvalue weighted by molar-refractivity contribution is 7.90. The topological polar surface area (TPSA) is 87.5 Å². The van der Waals surface area contributed by atoms with Crippen LogP contribution < -0.4 is 4.74 Å². The molecule has 0 bridgehead atoms. The summed E-state index contributed by atoms with van der Waals surface area (Å²) in [5.41, 5.74) is 1.78. The van der Waals surface area contributed by atoms with Crippen LogP contribution in [0, 0.1) is 29.9 Å². The predicted molar refractivity (Wildman–Crippen MR) is 160 cm³/mol. The molecule has 43 heavy (non-hydrogen) atoms. The molecule has 2 aromatic carbocycles. The fourth-order valence-corrected chi connectivity index (χ4v) is 6.74. The number of aryl methyl sites for hydroxylation is 1. The van der Waals surface area contributed by atoms with E-state index in [2.05, 4.69) is 18.8 Å². The van der Waals surface area contributed by atoms with Gasteiger partial charge in [-0.3, -0.25) is 4.79 Å². The van der Waals surface area contributed by atoms with Gasteiger partial charge >= 0.3 is 0 Å². The van der Waals surface area contributed by atoms with Gasteiger partial charge in [0.1, 0.15) is 11.5 Å². The van der Waals surface area contributed by atoms with Gasteiger partial charge in [-0.25, -0.2) is 26.2 Å². The van der Waals surface area contributed by atoms with Crippen molar-refractivity contribution in [3.63, 3.8) is 0 Å². The number of aromatic nitrogens is 2. The predicted octanol–water partition coefficient (Wildman–Crippen LogP) is 7.34. The zero-order valence-corrected chi connectivity index (χ0v) is 25.8. The van der Waals surface area contributed by atoms with E-state index in [-0.39, 0.29) is 45.4 Å². The lowest BCUT2D eigenvalue weighted by molar-refractivity contribution is -0.147. The Labute approximate surface area is 250 Å². The molecule has 5 rings (SSSR count). The first-order valence-electron chi connectivity index (χ1n) is 14.4. The summed E-state index contributed by atoms with van der Waals surface area (Å²) < 4.78 is 70.0. The fourth-order valence-electron chi connectivity index (χ4n) is 5.41. The third-order valence-corrected chi connectivity index (χ3v) is 10.1. The summed E-state index contributed by atoms with van der Waals surface area (Å²) in [5.74, 6) is -2.39. The maximum atomic E-state index is 15.3. The Kier molecular flexibility index (Phi) is 8.46. The van der Waals surface area contributed by atoms with E-state index in [0.717, 1.165) is 21.7 Å². The van der Waals surface area contributed by atoms with Crippen LogP contribution in [0.2, 0.25) is 0 Å². The number of hydrogen-bond acceptors (Lipinski definition) is 6. The van der Waals surface area contributed by atoms with Gasteiger partial charge in [-0.15, -0.1) is 0 Å². The Morgan fingerprint density at radius 2 is 1.72 bits per heavy atom. The summed E-state index contributed by atoms with van der Waals surface area (Å²) in [6.07, 6.45) is 3.69. The second-order valence-corrected chi connectivity index (χ2v) is 13.9. The van der Waals surface area contributed by atoms with Crippen LogP contribution in [0.15, 0.2) is 59.8 Å². The van der Waals surface area contributed by atoms with Crippen molar-refractivity contribution < 1.29 is 31.5 Å². The molecule has 0 aliphatic carbocycles. The van der Waals surface area contributed by atoms with Gasteiger partial charge in [0.25, 0.3) is 10.0 Å². The summed E-state index contributed by atoms with van der Waals surface area (Å²) in [7, 11) is -4.02. The maximum Gasteiger partial charge on any atom is 0.269 e. The van der Waals surface area contributed by atoms with Crippen LogP contribution in [0.5, 0.6) is 11.5 Å². The molecule has 1 aliphatic rings. The molecule has 1 aliphatic heterocycles. The van der Waals surface area contributed by atoms with Crippen LogP contribution in [0.3, 0.4) is 0 Å². The highest BCUT2D eigenvalue weighted by Gasteiger charge is 2.41. The quantitative estimate of drug-likeness (QED) is 0.177. The van der Waals surface area contributed by atoms with E-state index in [4.69, 9.17) is 9.47 Å². The second-order valence-electron chi connectivity index (χ2n) is 12.1. The van der Waals surface area contributed by atoms with E-state index in [1.54, 1.807) is 12.1 Å². The van der Waals surface area contributed by atoms with Gasteiger partial charge in [0, 0.05) is 30.7 Å². The number of ketones is 1. The first-order valence-corrected chi connectivity index (χ1v) is 15.8. The summed E-state index contributed by atoms with van der Waals surface area (Å²) in [6, 6.07) is 10.1. The van der Waals surface area contributed by atoms with Crippen molar-refractivity contribution in [3.8, 4) is 11.5 Å². The van der Waals surface area contributed by atoms with E-state index in [0.29, 0.717) is 42.9 Å². The molecule has 0 radical (unpaired) electrons. The average Bonchev–Trinajstić information content (AvgIpc) is 3.32. The minimum atomic E-state index is -4.02. The molecular weight excluding hydrogens is 574 g/mol. The highest BCUT2D eigenvalue weighted by atomic mass is 32.2. The van der Waals surface area contributed by atoms with E-state index in [1.807, 2.05) is 20.8 Å². The van der Waals surface area contributed by atoms with E-state index < -0.39 is 27.4 Å². The SMILES string of the molecule is Cc1ccc(S(=O)(=O)n2cc(C(C)C)c3c(Oc4c(F)cc(CC(=O)CCC5(C(C)C)COC5)cc4F)ccnc32)cc1. The molecule has 0 spiro atoms. The molecule has 10 heteroatoms. The monoisotopic (exact) mass is 610 g/mol. The smallest absolute Gasteiger partial charge is 0.269 e. The van der Waals surface area contributed by atoms with Gasteiger partial charge in [0.05, 0.1) is 23.5 Å². The fraction of sp³-hybridized carbons (Fsp3) is 0.394. The van der Waals surface area contributed by atoms with Crippen molar-refractivity contribution in [2.24, 2.45) is 11.3 Å². The minimum absolute atomic E-state index is 0.0208. The maximum absolute atomic E-state index is 15.3. The minimum Gasteiger partial charge on any atom is -0.450 e. The molecule has 0 saturated carbocycles. The summed E-state index contributed by atoms with van der Waals surface area (Å²) in [5, 5.41) is 0.338. The largest absolute Gasteiger partial charge is 0.450 e. The molecule has 0 N–H and O–H groups in total. The Bertz CT molecular complexity index is 1750. The normalized spacial score (nSPS) is 14.8. The van der Waals surface area contributed by atoms with Gasteiger partial charge in [-0.1, -0.05) is 45.4 Å². The van der Waals surface area contributed by atoms with Gasteiger partial charge in [0.15, 0.2) is 23.0 Å². The molecule has 7 nitrogen and oxygen atoms in total. The van der Waals surface area contributed by atoms with Gasteiger partial charge in [0.2, 0.25) is 0 Å². The number of rotatable bonds is 11. The number of Topliss-reactive ketones (excluding diaryl/α,β-unsaturated/α-hetero) is 1. The van der Waals surface area contributed by atoms with Crippen LogP contribution in [-0.2, 0) is 26.0 Å². The van der Waals surface area contributed by atoms with Crippen molar-refractivity contribution in [1.82, 2.24) is 8.96 Å². The number of hydrogen-bond donors (Lipinski definition) is 0. The number of pyridine rings is 1. The van der Waals surface area contributed by atoms with Crippen LogP contribution in [-0.4, -0.2) is 36.4 Å². The molecule has 0 atom stereocenters. The Morgan fingerprint density at radius 1 is 1.07 bits per heavy atom. The lowest BCUT2D eigenvalue weighted by Gasteiger charge is -2.45. The van der Waals surface area contributed by atoms with Crippen molar-refractivity contribution in [2.45, 2.75) is 64.7 Å². The van der Waals surface area contributed by atoms with Crippen LogP contribution >= 0.6 is 0 Å². The first kappa shape index (κ1) is 30.8. The van der Waals surface area contributed by atoms with Crippen molar-refractivity contribution in [2.75, 3.05) is 13.2 Å². The Hall–Kier alpha value is -3.63. The Balaban J connectivity index is 1.43. The number of nitrogens with zero attached hydrogens (tertiary/aromatic N) is 2. The standard InChI is InChI=1S/C33H36F2N2O5S/c1-20(2)26-17-37(43(39,40)25-8-6-22(5)7-9-25)32-30(26)29(11-13-36-32)42-31-27(34)15-23(16-28(31)35)14-24(38)10-12-33(21(3)4)18-41-19-33/h6-9,11,13,15-17,20-21H,10,12,14,18-19H2,1-5H3. The third-order valence-electron chi connectivity index (χ3n) is 8.42. The third kappa shape index (κ3) is 5.95. The van der Waals surface area contributed by atoms with Gasteiger partial charge < -0.3 is 9.47 Å². The lowest BCUT2D eigenvalue weighted by atomic mass is 9.71. The van der Waals surface area contributed by atoms with Gasteiger partial charge in [-0.05, 0) is 66.6 Å². The second kappa shape index (κ2) is 11.8. The average molecular weight is 611 g/mol. The molecule has 1 saturated heterocycles. The van der Waals surface area contributed by atoms with Crippen LogP contribution in [0.25, 0.3) is 11.0 Å². The van der Waals surface area contributed by atoms with Crippen molar-refractivity contribution >= 4 is 26.8 Å². The molecule has 228 valence electrons. The summed E-state index contributed by atoms with van der Waals surface area (Å²) in [4.78, 5) is 17.1. The van der Waals surface area contributed by atoms with E-state index >= 15 is 8.78 Å². The lowest BCUT2D eigenvalue weighted by Crippen LogP contribution is -2.46. The van der Waals surface area contributed by atoms with Gasteiger partial charge in [-0.2, -0.15) is 0 Å². The summed E-state index contributed by atoms with van der Waals surface area (Å²) >= 11 is 0. The molecule has 0 amide bonds. The number of carbonyl (C=O) groups excluding carboxylic acids is 1. The number of benzene rings is 2. The number of halogens is 2. The zero-order valence-electron chi connectivity index (χ0n) is 25.0.